The van der Waals surface area contributed by atoms with Crippen molar-refractivity contribution in [2.45, 2.75) is 6.04 Å². The van der Waals surface area contributed by atoms with E-state index in [1.807, 2.05) is 0 Å². The SMILES string of the molecule is COc1cc(C(=O)NC(c2ccc(Cl)cc2)c2cc(Cl)c3cccnc3c2O)cc(OC)c1OC. The Balaban J connectivity index is 1.83. The van der Waals surface area contributed by atoms with Crippen molar-refractivity contribution in [1.29, 1.82) is 0 Å². The Labute approximate surface area is 212 Å². The van der Waals surface area contributed by atoms with E-state index in [0.29, 0.717) is 49.3 Å². The van der Waals surface area contributed by atoms with Crippen molar-refractivity contribution in [2.75, 3.05) is 21.3 Å². The second-order valence-corrected chi connectivity index (χ2v) is 8.41. The fourth-order valence-corrected chi connectivity index (χ4v) is 4.24. The molecule has 0 aliphatic rings. The van der Waals surface area contributed by atoms with E-state index in [1.54, 1.807) is 60.8 Å². The van der Waals surface area contributed by atoms with E-state index in [0.717, 1.165) is 0 Å². The quantitative estimate of drug-likeness (QED) is 0.325. The minimum Gasteiger partial charge on any atom is -0.505 e. The smallest absolute Gasteiger partial charge is 0.252 e. The number of carbonyl (C=O) groups is 1. The number of phenols is 1. The van der Waals surface area contributed by atoms with Crippen LogP contribution < -0.4 is 19.5 Å². The summed E-state index contributed by atoms with van der Waals surface area (Å²) in [6, 6.07) is 14.4. The number of pyridine rings is 1. The van der Waals surface area contributed by atoms with E-state index in [4.69, 9.17) is 37.4 Å². The number of nitrogens with zero attached hydrogens (tertiary/aromatic N) is 1. The highest BCUT2D eigenvalue weighted by Crippen LogP contribution is 2.40. The molecule has 1 unspecified atom stereocenters. The van der Waals surface area contributed by atoms with Gasteiger partial charge in [0.25, 0.3) is 5.91 Å². The molecule has 0 saturated carbocycles. The molecule has 0 saturated heterocycles. The van der Waals surface area contributed by atoms with Gasteiger partial charge in [0.2, 0.25) is 5.75 Å². The maximum absolute atomic E-state index is 13.4. The fourth-order valence-electron chi connectivity index (χ4n) is 3.85. The summed E-state index contributed by atoms with van der Waals surface area (Å²) in [6.45, 7) is 0. The van der Waals surface area contributed by atoms with Crippen LogP contribution in [-0.2, 0) is 0 Å². The lowest BCUT2D eigenvalue weighted by Crippen LogP contribution is -2.29. The number of halogens is 2. The zero-order valence-corrected chi connectivity index (χ0v) is 20.6. The standard InChI is InChI=1S/C26H22Cl2N2O5/c1-33-20-11-15(12-21(34-2)25(20)35-3)26(32)30-22(14-6-8-16(27)9-7-14)18-13-19(28)17-5-4-10-29-23(17)24(18)31/h4-13,22,31H,1-3H3,(H,30,32). The molecule has 0 radical (unpaired) electrons. The van der Waals surface area contributed by atoms with Gasteiger partial charge in [-0.05, 0) is 48.0 Å². The van der Waals surface area contributed by atoms with Gasteiger partial charge in [-0.15, -0.1) is 0 Å². The first-order valence-corrected chi connectivity index (χ1v) is 11.3. The number of aromatic hydroxyl groups is 1. The lowest BCUT2D eigenvalue weighted by molar-refractivity contribution is 0.0942. The first-order chi connectivity index (χ1) is 16.9. The van der Waals surface area contributed by atoms with Gasteiger partial charge in [0.05, 0.1) is 32.4 Å². The van der Waals surface area contributed by atoms with Crippen LogP contribution in [0.1, 0.15) is 27.5 Å². The number of carbonyl (C=O) groups excluding carboxylic acids is 1. The molecule has 0 spiro atoms. The Morgan fingerprint density at radius 1 is 0.971 bits per heavy atom. The van der Waals surface area contributed by atoms with Crippen LogP contribution in [-0.4, -0.2) is 37.3 Å². The first kappa shape index (κ1) is 24.4. The van der Waals surface area contributed by atoms with E-state index in [1.165, 1.54) is 21.3 Å². The van der Waals surface area contributed by atoms with Crippen molar-refractivity contribution in [3.8, 4) is 23.0 Å². The van der Waals surface area contributed by atoms with Crippen molar-refractivity contribution in [2.24, 2.45) is 0 Å². The summed E-state index contributed by atoms with van der Waals surface area (Å²) in [6.07, 6.45) is 1.56. The molecule has 1 amide bonds. The summed E-state index contributed by atoms with van der Waals surface area (Å²) in [5, 5.41) is 15.6. The van der Waals surface area contributed by atoms with Gasteiger partial charge in [0, 0.05) is 27.7 Å². The molecule has 35 heavy (non-hydrogen) atoms. The van der Waals surface area contributed by atoms with Crippen molar-refractivity contribution in [3.05, 3.63) is 87.5 Å². The summed E-state index contributed by atoms with van der Waals surface area (Å²) < 4.78 is 16.1. The van der Waals surface area contributed by atoms with Crippen LogP contribution in [0.3, 0.4) is 0 Å². The van der Waals surface area contributed by atoms with Crippen molar-refractivity contribution < 1.29 is 24.1 Å². The third kappa shape index (κ3) is 4.78. The maximum atomic E-state index is 13.4. The van der Waals surface area contributed by atoms with Gasteiger partial charge < -0.3 is 24.6 Å². The fraction of sp³-hybridized carbons (Fsp3) is 0.154. The summed E-state index contributed by atoms with van der Waals surface area (Å²) in [7, 11) is 4.42. The van der Waals surface area contributed by atoms with Crippen LogP contribution in [0.15, 0.2) is 60.8 Å². The molecule has 3 aromatic carbocycles. The number of ether oxygens (including phenoxy) is 3. The Morgan fingerprint density at radius 3 is 2.23 bits per heavy atom. The zero-order chi connectivity index (χ0) is 25.1. The largest absolute Gasteiger partial charge is 0.505 e. The molecular weight excluding hydrogens is 491 g/mol. The van der Waals surface area contributed by atoms with E-state index in [2.05, 4.69) is 10.3 Å². The van der Waals surface area contributed by atoms with Gasteiger partial charge in [-0.25, -0.2) is 0 Å². The predicted octanol–water partition coefficient (Wildman–Crippen LogP) is 5.79. The van der Waals surface area contributed by atoms with Gasteiger partial charge in [0.1, 0.15) is 11.3 Å². The number of hydrogen-bond acceptors (Lipinski definition) is 6. The highest BCUT2D eigenvalue weighted by atomic mass is 35.5. The number of phenolic OH excluding ortho intramolecular Hbond substituents is 1. The number of aromatic nitrogens is 1. The van der Waals surface area contributed by atoms with Gasteiger partial charge in [-0.3, -0.25) is 9.78 Å². The molecule has 7 nitrogen and oxygen atoms in total. The number of benzene rings is 3. The average Bonchev–Trinajstić information content (AvgIpc) is 2.89. The lowest BCUT2D eigenvalue weighted by Gasteiger charge is -2.22. The predicted molar refractivity (Wildman–Crippen MR) is 135 cm³/mol. The van der Waals surface area contributed by atoms with E-state index >= 15 is 0 Å². The minimum absolute atomic E-state index is 0.0878. The van der Waals surface area contributed by atoms with Crippen LogP contribution in [0.2, 0.25) is 10.0 Å². The zero-order valence-electron chi connectivity index (χ0n) is 19.1. The number of methoxy groups -OCH3 is 3. The highest BCUT2D eigenvalue weighted by molar-refractivity contribution is 6.35. The topological polar surface area (TPSA) is 89.9 Å². The third-order valence-corrected chi connectivity index (χ3v) is 6.13. The van der Waals surface area contributed by atoms with Gasteiger partial charge in [0.15, 0.2) is 11.5 Å². The van der Waals surface area contributed by atoms with Gasteiger partial charge >= 0.3 is 0 Å². The van der Waals surface area contributed by atoms with Crippen LogP contribution in [0.5, 0.6) is 23.0 Å². The Morgan fingerprint density at radius 2 is 1.63 bits per heavy atom. The number of rotatable bonds is 7. The van der Waals surface area contributed by atoms with Crippen molar-refractivity contribution in [3.63, 3.8) is 0 Å². The number of fused-ring (bicyclic) bond motifs is 1. The van der Waals surface area contributed by atoms with Gasteiger partial charge in [-0.2, -0.15) is 0 Å². The molecule has 0 bridgehead atoms. The van der Waals surface area contributed by atoms with Gasteiger partial charge in [-0.1, -0.05) is 35.3 Å². The van der Waals surface area contributed by atoms with E-state index < -0.39 is 11.9 Å². The van der Waals surface area contributed by atoms with E-state index in [-0.39, 0.29) is 11.3 Å². The molecule has 0 fully saturated rings. The molecule has 1 aromatic heterocycles. The molecule has 4 aromatic rings. The van der Waals surface area contributed by atoms with Crippen molar-refractivity contribution >= 4 is 40.0 Å². The van der Waals surface area contributed by atoms with Crippen LogP contribution >= 0.6 is 23.2 Å². The molecule has 2 N–H and O–H groups in total. The first-order valence-electron chi connectivity index (χ1n) is 10.5. The number of hydrogen-bond donors (Lipinski definition) is 2. The molecule has 180 valence electrons. The molecule has 1 atom stereocenters. The van der Waals surface area contributed by atoms with Crippen molar-refractivity contribution in [1.82, 2.24) is 10.3 Å². The highest BCUT2D eigenvalue weighted by Gasteiger charge is 2.25. The second-order valence-electron chi connectivity index (χ2n) is 7.57. The Hall–Kier alpha value is -3.68. The summed E-state index contributed by atoms with van der Waals surface area (Å²) in [4.78, 5) is 17.7. The molecule has 4 rings (SSSR count). The monoisotopic (exact) mass is 512 g/mol. The molecule has 0 aliphatic heterocycles. The number of amides is 1. The number of nitrogens with one attached hydrogen (secondary N) is 1. The minimum atomic E-state index is -0.775. The lowest BCUT2D eigenvalue weighted by atomic mass is 9.95. The maximum Gasteiger partial charge on any atom is 0.252 e. The Bertz CT molecular complexity index is 1370. The third-order valence-electron chi connectivity index (χ3n) is 5.56. The van der Waals surface area contributed by atoms with E-state index in [9.17, 15) is 9.90 Å². The summed E-state index contributed by atoms with van der Waals surface area (Å²) in [5.74, 6) is 0.503. The van der Waals surface area contributed by atoms with Crippen LogP contribution in [0.4, 0.5) is 0 Å². The average molecular weight is 513 g/mol. The van der Waals surface area contributed by atoms with Crippen LogP contribution in [0.25, 0.3) is 10.9 Å². The summed E-state index contributed by atoms with van der Waals surface area (Å²) in [5.41, 5.74) is 1.65. The van der Waals surface area contributed by atoms with Crippen LogP contribution in [0, 0.1) is 0 Å². The summed E-state index contributed by atoms with van der Waals surface area (Å²) >= 11 is 12.6. The molecule has 1 heterocycles. The molecule has 0 aliphatic carbocycles. The second kappa shape index (κ2) is 10.3. The Kier molecular flexibility index (Phi) is 7.19. The normalized spacial score (nSPS) is 11.7. The molecular formula is C26H22Cl2N2O5. The molecule has 9 heteroatoms.